The highest BCUT2D eigenvalue weighted by atomic mass is 32.1. The van der Waals surface area contributed by atoms with Gasteiger partial charge in [-0.25, -0.2) is 9.97 Å². The molecule has 6 nitrogen and oxygen atoms in total. The van der Waals surface area contributed by atoms with E-state index in [4.69, 9.17) is 0 Å². The largest absolute Gasteiger partial charge is 0.433 e. The Hall–Kier alpha value is -3.01. The maximum atomic E-state index is 13.5. The van der Waals surface area contributed by atoms with Crippen LogP contribution in [0.3, 0.4) is 0 Å². The van der Waals surface area contributed by atoms with Gasteiger partial charge in [-0.2, -0.15) is 13.2 Å². The van der Waals surface area contributed by atoms with Gasteiger partial charge in [-0.1, -0.05) is 6.07 Å². The molecular formula is C21H19F3N4O2S. The predicted molar refractivity (Wildman–Crippen MR) is 110 cm³/mol. The lowest BCUT2D eigenvalue weighted by Gasteiger charge is -2.32. The molecule has 162 valence electrons. The number of piperidine rings is 1. The highest BCUT2D eigenvalue weighted by Gasteiger charge is 2.36. The van der Waals surface area contributed by atoms with Crippen molar-refractivity contribution in [2.24, 2.45) is 0 Å². The summed E-state index contributed by atoms with van der Waals surface area (Å²) >= 11 is 1.30. The molecule has 1 atom stereocenters. The van der Waals surface area contributed by atoms with Crippen LogP contribution < -0.4 is 5.56 Å². The first kappa shape index (κ1) is 21.2. The van der Waals surface area contributed by atoms with E-state index in [-0.39, 0.29) is 23.6 Å². The van der Waals surface area contributed by atoms with Crippen LogP contribution in [0.25, 0.3) is 10.6 Å². The predicted octanol–water partition coefficient (Wildman–Crippen LogP) is 4.24. The summed E-state index contributed by atoms with van der Waals surface area (Å²) in [5, 5.41) is 1.77. The van der Waals surface area contributed by atoms with Gasteiger partial charge in [0.15, 0.2) is 0 Å². The highest BCUT2D eigenvalue weighted by Crippen LogP contribution is 2.34. The summed E-state index contributed by atoms with van der Waals surface area (Å²) in [6.07, 6.45) is -3.48. The summed E-state index contributed by atoms with van der Waals surface area (Å²) in [4.78, 5) is 37.9. The second kappa shape index (κ2) is 8.26. The van der Waals surface area contributed by atoms with Crippen molar-refractivity contribution in [3.63, 3.8) is 0 Å². The zero-order chi connectivity index (χ0) is 22.2. The first-order valence-corrected chi connectivity index (χ1v) is 10.6. The quantitative estimate of drug-likeness (QED) is 0.650. The van der Waals surface area contributed by atoms with Crippen molar-refractivity contribution in [1.82, 2.24) is 19.9 Å². The van der Waals surface area contributed by atoms with Crippen molar-refractivity contribution in [3.05, 3.63) is 68.8 Å². The molecule has 0 bridgehead atoms. The minimum atomic E-state index is -4.61. The Labute approximate surface area is 179 Å². The van der Waals surface area contributed by atoms with Crippen LogP contribution in [-0.2, 0) is 6.18 Å². The van der Waals surface area contributed by atoms with Gasteiger partial charge < -0.3 is 9.88 Å². The molecule has 31 heavy (non-hydrogen) atoms. The van der Waals surface area contributed by atoms with E-state index in [1.54, 1.807) is 30.5 Å². The van der Waals surface area contributed by atoms with Gasteiger partial charge in [0.25, 0.3) is 11.5 Å². The Bertz CT molecular complexity index is 1160. The lowest BCUT2D eigenvalue weighted by molar-refractivity contribution is -0.141. The molecule has 0 spiro atoms. The summed E-state index contributed by atoms with van der Waals surface area (Å²) in [6, 6.07) is 7.51. The van der Waals surface area contributed by atoms with Crippen LogP contribution in [0.1, 0.15) is 46.3 Å². The Kier molecular flexibility index (Phi) is 5.65. The summed E-state index contributed by atoms with van der Waals surface area (Å²) < 4.78 is 40.4. The maximum absolute atomic E-state index is 13.5. The highest BCUT2D eigenvalue weighted by molar-refractivity contribution is 7.13. The molecule has 0 saturated carbocycles. The molecule has 1 aliphatic heterocycles. The third-order valence-corrected chi connectivity index (χ3v) is 6.06. The first-order chi connectivity index (χ1) is 14.7. The normalized spacial score (nSPS) is 17.0. The molecule has 1 aliphatic rings. The molecule has 0 radical (unpaired) electrons. The molecule has 0 aromatic carbocycles. The van der Waals surface area contributed by atoms with Crippen LogP contribution in [0.4, 0.5) is 13.2 Å². The molecule has 1 amide bonds. The lowest BCUT2D eigenvalue weighted by Crippen LogP contribution is -2.41. The number of nitrogens with one attached hydrogen (secondary N) is 1. The van der Waals surface area contributed by atoms with Gasteiger partial charge in [0.1, 0.15) is 17.1 Å². The average molecular weight is 448 g/mol. The van der Waals surface area contributed by atoms with E-state index < -0.39 is 29.3 Å². The van der Waals surface area contributed by atoms with Gasteiger partial charge in [-0.05, 0) is 49.4 Å². The molecule has 4 heterocycles. The summed E-state index contributed by atoms with van der Waals surface area (Å²) in [7, 11) is 0. The molecular weight excluding hydrogens is 429 g/mol. The van der Waals surface area contributed by atoms with Crippen molar-refractivity contribution in [3.8, 4) is 10.6 Å². The third-order valence-electron chi connectivity index (χ3n) is 5.17. The van der Waals surface area contributed by atoms with Crippen molar-refractivity contribution >= 4 is 17.2 Å². The number of rotatable bonds is 3. The van der Waals surface area contributed by atoms with Gasteiger partial charge >= 0.3 is 6.18 Å². The van der Waals surface area contributed by atoms with Gasteiger partial charge in [0.2, 0.25) is 0 Å². The summed E-state index contributed by atoms with van der Waals surface area (Å²) in [5.41, 5.74) is -0.625. The van der Waals surface area contributed by atoms with Gasteiger partial charge in [0, 0.05) is 24.7 Å². The fourth-order valence-corrected chi connectivity index (χ4v) is 4.31. The molecule has 1 N–H and O–H groups in total. The number of thiophene rings is 1. The number of nitrogens with zero attached hydrogens (tertiary/aromatic N) is 3. The zero-order valence-corrected chi connectivity index (χ0v) is 17.4. The Balaban J connectivity index is 1.65. The number of pyridine rings is 1. The average Bonchev–Trinajstić information content (AvgIpc) is 3.27. The number of hydrogen-bond donors (Lipinski definition) is 1. The fourth-order valence-electron chi connectivity index (χ4n) is 3.63. The van der Waals surface area contributed by atoms with Gasteiger partial charge in [-0.3, -0.25) is 9.59 Å². The fraction of sp³-hybridized carbons (Fsp3) is 0.333. The Morgan fingerprint density at radius 2 is 2.06 bits per heavy atom. The molecule has 3 aromatic rings. The minimum Gasteiger partial charge on any atom is -0.338 e. The van der Waals surface area contributed by atoms with Crippen molar-refractivity contribution in [2.45, 2.75) is 31.9 Å². The SMILES string of the molecule is Cc1ccc(C(=O)N2CCCC(c3nc(-c4cccs4)cc(C(F)(F)F)n3)C2)c(=O)[nH]1. The van der Waals surface area contributed by atoms with Crippen LogP contribution in [0.5, 0.6) is 0 Å². The minimum absolute atomic E-state index is 0.00971. The second-order valence-electron chi connectivity index (χ2n) is 7.45. The number of halogens is 3. The molecule has 10 heteroatoms. The monoisotopic (exact) mass is 448 g/mol. The number of aryl methyl sites for hydroxylation is 1. The topological polar surface area (TPSA) is 79.0 Å². The smallest absolute Gasteiger partial charge is 0.338 e. The van der Waals surface area contributed by atoms with E-state index in [2.05, 4.69) is 15.0 Å². The zero-order valence-electron chi connectivity index (χ0n) is 16.6. The molecule has 3 aromatic heterocycles. The molecule has 1 fully saturated rings. The first-order valence-electron chi connectivity index (χ1n) is 9.71. The third kappa shape index (κ3) is 4.53. The van der Waals surface area contributed by atoms with Crippen LogP contribution >= 0.6 is 11.3 Å². The maximum Gasteiger partial charge on any atom is 0.433 e. The van der Waals surface area contributed by atoms with Crippen LogP contribution in [-0.4, -0.2) is 38.8 Å². The van der Waals surface area contributed by atoms with E-state index in [1.807, 2.05) is 0 Å². The number of amides is 1. The number of hydrogen-bond acceptors (Lipinski definition) is 5. The molecule has 1 unspecified atom stereocenters. The Morgan fingerprint density at radius 1 is 1.26 bits per heavy atom. The molecule has 4 rings (SSSR count). The molecule has 1 saturated heterocycles. The van der Waals surface area contributed by atoms with Crippen molar-refractivity contribution < 1.29 is 18.0 Å². The number of aromatic amines is 1. The van der Waals surface area contributed by atoms with Crippen LogP contribution in [0, 0.1) is 6.92 Å². The number of alkyl halides is 3. The van der Waals surface area contributed by atoms with Gasteiger partial charge in [-0.15, -0.1) is 11.3 Å². The van der Waals surface area contributed by atoms with Crippen LogP contribution in [0.2, 0.25) is 0 Å². The van der Waals surface area contributed by atoms with E-state index in [9.17, 15) is 22.8 Å². The molecule has 0 aliphatic carbocycles. The van der Waals surface area contributed by atoms with E-state index in [0.29, 0.717) is 30.0 Å². The van der Waals surface area contributed by atoms with E-state index in [0.717, 1.165) is 6.07 Å². The summed E-state index contributed by atoms with van der Waals surface area (Å²) in [6.45, 7) is 2.28. The lowest BCUT2D eigenvalue weighted by atomic mass is 9.96. The van der Waals surface area contributed by atoms with Crippen molar-refractivity contribution in [1.29, 1.82) is 0 Å². The summed E-state index contributed by atoms with van der Waals surface area (Å²) in [5.74, 6) is -0.840. The van der Waals surface area contributed by atoms with Crippen LogP contribution in [0.15, 0.2) is 40.5 Å². The number of H-pyrrole nitrogens is 1. The standard InChI is InChI=1S/C21H19F3N4O2S/c1-12-6-7-14(19(29)25-12)20(30)28-8-2-4-13(11-28)18-26-15(16-5-3-9-31-16)10-17(27-18)21(22,23)24/h3,5-7,9-10,13H,2,4,8,11H2,1H3,(H,25,29). The Morgan fingerprint density at radius 3 is 2.74 bits per heavy atom. The second-order valence-corrected chi connectivity index (χ2v) is 8.39. The number of carbonyl (C=O) groups is 1. The van der Waals surface area contributed by atoms with E-state index >= 15 is 0 Å². The van der Waals surface area contributed by atoms with Gasteiger partial charge in [0.05, 0.1) is 10.6 Å². The van der Waals surface area contributed by atoms with E-state index in [1.165, 1.54) is 22.3 Å². The number of carbonyl (C=O) groups excluding carboxylic acids is 1. The number of likely N-dealkylation sites (tertiary alicyclic amines) is 1. The van der Waals surface area contributed by atoms with Crippen molar-refractivity contribution in [2.75, 3.05) is 13.1 Å². The number of aromatic nitrogens is 3.